The molecular weight excluding hydrogens is 235 g/mol. The molecule has 0 radical (unpaired) electrons. The van der Waals surface area contributed by atoms with Gasteiger partial charge in [-0.2, -0.15) is 0 Å². The lowest BCUT2D eigenvalue weighted by molar-refractivity contribution is 0.366. The molecule has 0 heterocycles. The Labute approximate surface area is 90.5 Å². The Morgan fingerprint density at radius 1 is 1.27 bits per heavy atom. The van der Waals surface area contributed by atoms with Crippen LogP contribution in [-0.2, 0) is 18.9 Å². The Kier molecular flexibility index (Phi) is 4.39. The van der Waals surface area contributed by atoms with Gasteiger partial charge in [0.15, 0.2) is 9.84 Å². The van der Waals surface area contributed by atoms with Crippen molar-refractivity contribution in [2.24, 2.45) is 0 Å². The van der Waals surface area contributed by atoms with Crippen LogP contribution < -0.4 is 0 Å². The normalized spacial score (nSPS) is 11.8. The maximum Gasteiger partial charge on any atom is 0.327 e. The lowest BCUT2D eigenvalue weighted by Gasteiger charge is -2.02. The predicted molar refractivity (Wildman–Crippen MR) is 56.8 cm³/mol. The van der Waals surface area contributed by atoms with Crippen LogP contribution in [0.1, 0.15) is 5.56 Å². The highest BCUT2D eigenvalue weighted by Crippen LogP contribution is 2.12. The summed E-state index contributed by atoms with van der Waals surface area (Å²) >= 11 is 0. The molecule has 6 heteroatoms. The molecule has 0 amide bonds. The van der Waals surface area contributed by atoms with Crippen molar-refractivity contribution in [1.82, 2.24) is 0 Å². The van der Waals surface area contributed by atoms with Crippen molar-refractivity contribution in [2.45, 2.75) is 11.8 Å². The molecule has 0 aliphatic rings. The highest BCUT2D eigenvalue weighted by Gasteiger charge is 2.13. The molecule has 0 aliphatic carbocycles. The fourth-order valence-corrected chi connectivity index (χ4v) is 2.43. The van der Waals surface area contributed by atoms with E-state index in [1.165, 1.54) is 0 Å². The van der Waals surface area contributed by atoms with Crippen molar-refractivity contribution in [3.8, 4) is 0 Å². The van der Waals surface area contributed by atoms with E-state index >= 15 is 0 Å². The standard InChI is InChI=1S/C9H11O4PS/c1-8-2-4-9(5-3-8)15(11,12)7-6-13-14-10/h2-5H,6-7H2,1H3. The van der Waals surface area contributed by atoms with Gasteiger partial charge in [-0.05, 0) is 19.1 Å². The first-order valence-electron chi connectivity index (χ1n) is 4.30. The van der Waals surface area contributed by atoms with Gasteiger partial charge in [0.1, 0.15) is 0 Å². The highest BCUT2D eigenvalue weighted by atomic mass is 32.2. The smallest absolute Gasteiger partial charge is 0.293 e. The van der Waals surface area contributed by atoms with Gasteiger partial charge >= 0.3 is 8.69 Å². The zero-order valence-corrected chi connectivity index (χ0v) is 9.92. The Balaban J connectivity index is 2.77. The minimum Gasteiger partial charge on any atom is -0.293 e. The molecule has 15 heavy (non-hydrogen) atoms. The molecule has 4 nitrogen and oxygen atoms in total. The Morgan fingerprint density at radius 3 is 2.40 bits per heavy atom. The van der Waals surface area contributed by atoms with Gasteiger partial charge in [-0.25, -0.2) is 13.0 Å². The first-order chi connectivity index (χ1) is 7.06. The minimum atomic E-state index is -3.32. The summed E-state index contributed by atoms with van der Waals surface area (Å²) in [4.78, 5) is 0.263. The molecule has 0 saturated carbocycles. The third-order valence-corrected chi connectivity index (χ3v) is 3.86. The summed E-state index contributed by atoms with van der Waals surface area (Å²) in [7, 11) is -3.81. The lowest BCUT2D eigenvalue weighted by atomic mass is 10.2. The monoisotopic (exact) mass is 246 g/mol. The van der Waals surface area contributed by atoms with E-state index in [4.69, 9.17) is 0 Å². The Hall–Kier alpha value is -0.770. The van der Waals surface area contributed by atoms with Crippen molar-refractivity contribution in [2.75, 3.05) is 12.4 Å². The quantitative estimate of drug-likeness (QED) is 0.588. The molecule has 1 rings (SSSR count). The van der Waals surface area contributed by atoms with Crippen molar-refractivity contribution >= 4 is 18.5 Å². The van der Waals surface area contributed by atoms with E-state index in [-0.39, 0.29) is 17.3 Å². The van der Waals surface area contributed by atoms with Crippen LogP contribution in [-0.4, -0.2) is 20.8 Å². The van der Waals surface area contributed by atoms with Crippen LogP contribution in [0.5, 0.6) is 0 Å². The lowest BCUT2D eigenvalue weighted by Crippen LogP contribution is -2.10. The number of benzene rings is 1. The largest absolute Gasteiger partial charge is 0.327 e. The summed E-state index contributed by atoms with van der Waals surface area (Å²) in [5, 5.41) is 0. The zero-order valence-electron chi connectivity index (χ0n) is 8.21. The third-order valence-electron chi connectivity index (χ3n) is 1.88. The van der Waals surface area contributed by atoms with E-state index in [9.17, 15) is 13.0 Å². The van der Waals surface area contributed by atoms with E-state index in [1.807, 2.05) is 6.92 Å². The summed E-state index contributed by atoms with van der Waals surface area (Å²) in [6, 6.07) is 6.58. The highest BCUT2D eigenvalue weighted by molar-refractivity contribution is 7.91. The van der Waals surface area contributed by atoms with E-state index in [1.54, 1.807) is 24.3 Å². The molecule has 1 aromatic rings. The average molecular weight is 246 g/mol. The van der Waals surface area contributed by atoms with Crippen LogP contribution in [0.2, 0.25) is 0 Å². The summed E-state index contributed by atoms with van der Waals surface area (Å²) in [5.74, 6) is -0.161. The molecule has 82 valence electrons. The van der Waals surface area contributed by atoms with Gasteiger partial charge in [0.25, 0.3) is 0 Å². The number of sulfone groups is 1. The average Bonchev–Trinajstić information content (AvgIpc) is 2.18. The minimum absolute atomic E-state index is 0.0682. The van der Waals surface area contributed by atoms with Crippen LogP contribution in [0, 0.1) is 6.92 Å². The second kappa shape index (κ2) is 5.35. The Morgan fingerprint density at radius 2 is 1.87 bits per heavy atom. The van der Waals surface area contributed by atoms with Crippen molar-refractivity contribution in [3.05, 3.63) is 29.8 Å². The second-order valence-corrected chi connectivity index (χ2v) is 5.56. The van der Waals surface area contributed by atoms with Crippen molar-refractivity contribution in [1.29, 1.82) is 0 Å². The summed E-state index contributed by atoms with van der Waals surface area (Å²) in [6.07, 6.45) is 0. The number of rotatable bonds is 5. The number of aryl methyl sites for hydroxylation is 1. The molecule has 0 bridgehead atoms. The summed E-state index contributed by atoms with van der Waals surface area (Å²) < 4.78 is 37.7. The predicted octanol–water partition coefficient (Wildman–Crippen LogP) is 1.99. The van der Waals surface area contributed by atoms with Gasteiger partial charge in [-0.15, -0.1) is 0 Å². The van der Waals surface area contributed by atoms with E-state index in [2.05, 4.69) is 4.52 Å². The first kappa shape index (κ1) is 12.3. The molecule has 0 atom stereocenters. The van der Waals surface area contributed by atoms with Gasteiger partial charge in [0.2, 0.25) is 0 Å². The maximum atomic E-state index is 11.6. The van der Waals surface area contributed by atoms with Crippen LogP contribution in [0.25, 0.3) is 0 Å². The topological polar surface area (TPSA) is 60.4 Å². The van der Waals surface area contributed by atoms with Gasteiger partial charge in [-0.3, -0.25) is 4.52 Å². The Bertz CT molecular complexity index is 424. The molecule has 0 aliphatic heterocycles. The molecule has 0 spiro atoms. The molecule has 0 saturated heterocycles. The van der Waals surface area contributed by atoms with E-state index < -0.39 is 18.5 Å². The maximum absolute atomic E-state index is 11.6. The zero-order chi connectivity index (χ0) is 11.3. The molecule has 0 aromatic heterocycles. The SMILES string of the molecule is Cc1ccc(S(=O)(=O)CCOP=O)cc1. The first-order valence-corrected chi connectivity index (χ1v) is 6.68. The fourth-order valence-electron chi connectivity index (χ4n) is 1.05. The molecular formula is C9H11O4PS. The second-order valence-electron chi connectivity index (χ2n) is 3.04. The van der Waals surface area contributed by atoms with Crippen LogP contribution in [0.15, 0.2) is 29.2 Å². The number of hydrogen-bond donors (Lipinski definition) is 0. The van der Waals surface area contributed by atoms with E-state index in [0.29, 0.717) is 0 Å². The third kappa shape index (κ3) is 3.70. The van der Waals surface area contributed by atoms with Crippen molar-refractivity contribution in [3.63, 3.8) is 0 Å². The summed E-state index contributed by atoms with van der Waals surface area (Å²) in [5.41, 5.74) is 1.00. The summed E-state index contributed by atoms with van der Waals surface area (Å²) in [6.45, 7) is 1.82. The van der Waals surface area contributed by atoms with Gasteiger partial charge in [0, 0.05) is 0 Å². The molecule has 0 N–H and O–H groups in total. The van der Waals surface area contributed by atoms with Gasteiger partial charge < -0.3 is 0 Å². The molecule has 0 unspecified atom stereocenters. The van der Waals surface area contributed by atoms with Gasteiger partial charge in [0.05, 0.1) is 17.3 Å². The fraction of sp³-hybridized carbons (Fsp3) is 0.333. The number of hydrogen-bond acceptors (Lipinski definition) is 4. The molecule has 1 aromatic carbocycles. The van der Waals surface area contributed by atoms with Crippen LogP contribution in [0.4, 0.5) is 0 Å². The van der Waals surface area contributed by atoms with Crippen LogP contribution >= 0.6 is 8.69 Å². The molecule has 0 fully saturated rings. The van der Waals surface area contributed by atoms with E-state index in [0.717, 1.165) is 5.56 Å². The van der Waals surface area contributed by atoms with Crippen molar-refractivity contribution < 1.29 is 17.5 Å². The van der Waals surface area contributed by atoms with Crippen LogP contribution in [0.3, 0.4) is 0 Å². The van der Waals surface area contributed by atoms with Gasteiger partial charge in [-0.1, -0.05) is 17.7 Å².